The third kappa shape index (κ3) is 4.28. The fraction of sp³-hybridized carbons (Fsp3) is 0.250. The number of nitrogens with zero attached hydrogens (tertiary/aromatic N) is 3. The van der Waals surface area contributed by atoms with Gasteiger partial charge in [0.05, 0.1) is 32.5 Å². The molecule has 1 aromatic heterocycles. The van der Waals surface area contributed by atoms with Crippen LogP contribution in [0.4, 0.5) is 0 Å². The van der Waals surface area contributed by atoms with Gasteiger partial charge in [-0.05, 0) is 24.3 Å². The molecule has 0 N–H and O–H groups in total. The van der Waals surface area contributed by atoms with Gasteiger partial charge in [0.15, 0.2) is 40.1 Å². The number of carbonyl (C=O) groups excluding carboxylic acids is 1. The quantitative estimate of drug-likeness (QED) is 0.226. The average molecular weight is 548 g/mol. The summed E-state index contributed by atoms with van der Waals surface area (Å²) in [5.74, 6) is 3.07. The molecule has 10 nitrogen and oxygen atoms in total. The molecule has 200 valence electrons. The number of aromatic nitrogens is 3. The summed E-state index contributed by atoms with van der Waals surface area (Å²) in [6.07, 6.45) is -0.475. The predicted octanol–water partition coefficient (Wildman–Crippen LogP) is 4.77. The molecule has 4 aromatic rings. The topological polar surface area (TPSA) is 103 Å². The summed E-state index contributed by atoms with van der Waals surface area (Å²) in [7, 11) is 4.58. The number of esters is 1. The molecule has 3 heterocycles. The van der Waals surface area contributed by atoms with E-state index in [1.807, 2.05) is 59.2 Å². The summed E-state index contributed by atoms with van der Waals surface area (Å²) in [5.41, 5.74) is 2.55. The molecule has 0 amide bonds. The zero-order valence-corrected chi connectivity index (χ0v) is 22.3. The number of fused-ring (bicyclic) bond motifs is 2. The van der Waals surface area contributed by atoms with E-state index in [1.54, 1.807) is 0 Å². The van der Waals surface area contributed by atoms with E-state index in [0.29, 0.717) is 62.2 Å². The number of benzene rings is 3. The second-order valence-electron chi connectivity index (χ2n) is 8.67. The molecule has 0 radical (unpaired) electrons. The molecule has 3 aromatic carbocycles. The van der Waals surface area contributed by atoms with Crippen LogP contribution in [0, 0.1) is 0 Å². The lowest BCUT2D eigenvalue weighted by atomic mass is 10.0. The number of hydrogen-bond acceptors (Lipinski definition) is 10. The Labute approximate surface area is 228 Å². The standard InChI is InChI=1S/C28H25N3O7S/c1-33-23-17-13-37-27(32)22(17)18(24(34-2)25(23)35-3)15-39-28-30-29-26(31(28)16-9-5-4-6-10-16)21-14-36-19-11-7-8-12-20(19)38-21/h4-12,21H,13-15H2,1-3H3/t21-/m1/s1. The Morgan fingerprint density at radius 1 is 0.897 bits per heavy atom. The van der Waals surface area contributed by atoms with Crippen molar-refractivity contribution >= 4 is 17.7 Å². The first-order chi connectivity index (χ1) is 19.1. The monoisotopic (exact) mass is 547 g/mol. The molecule has 6 rings (SSSR count). The van der Waals surface area contributed by atoms with Crippen molar-refractivity contribution in [2.24, 2.45) is 0 Å². The van der Waals surface area contributed by atoms with Crippen LogP contribution in [0.2, 0.25) is 0 Å². The summed E-state index contributed by atoms with van der Waals surface area (Å²) in [5, 5.41) is 9.63. The second-order valence-corrected chi connectivity index (χ2v) is 9.62. The maximum absolute atomic E-state index is 12.8. The lowest BCUT2D eigenvalue weighted by Crippen LogP contribution is -2.24. The Morgan fingerprint density at radius 3 is 2.36 bits per heavy atom. The van der Waals surface area contributed by atoms with Crippen LogP contribution in [0.25, 0.3) is 5.69 Å². The Morgan fingerprint density at radius 2 is 1.62 bits per heavy atom. The number of rotatable bonds is 8. The summed E-state index contributed by atoms with van der Waals surface area (Å²) < 4.78 is 36.4. The second kappa shape index (κ2) is 10.4. The number of thioether (sulfide) groups is 1. The van der Waals surface area contributed by atoms with Gasteiger partial charge in [0.25, 0.3) is 0 Å². The van der Waals surface area contributed by atoms with Gasteiger partial charge < -0.3 is 28.4 Å². The molecular weight excluding hydrogens is 522 g/mol. The SMILES string of the molecule is COc1c2c(c(CSc3nnc([C@H]4COc5ccccc5O4)n3-c3ccccc3)c(OC)c1OC)C(=O)OC2. The molecule has 0 spiro atoms. The minimum Gasteiger partial charge on any atom is -0.492 e. The highest BCUT2D eigenvalue weighted by molar-refractivity contribution is 7.98. The van der Waals surface area contributed by atoms with Crippen LogP contribution in [0.3, 0.4) is 0 Å². The van der Waals surface area contributed by atoms with Crippen molar-refractivity contribution in [3.8, 4) is 34.4 Å². The first kappa shape index (κ1) is 24.9. The molecule has 11 heteroatoms. The molecule has 2 aliphatic heterocycles. The number of methoxy groups -OCH3 is 3. The van der Waals surface area contributed by atoms with Crippen LogP contribution in [0.15, 0.2) is 59.8 Å². The molecular formula is C28H25N3O7S. The molecule has 1 atom stereocenters. The van der Waals surface area contributed by atoms with Gasteiger partial charge in [-0.1, -0.05) is 42.1 Å². The number of carbonyl (C=O) groups is 1. The van der Waals surface area contributed by atoms with Crippen LogP contribution >= 0.6 is 11.8 Å². The highest BCUT2D eigenvalue weighted by Gasteiger charge is 2.36. The van der Waals surface area contributed by atoms with E-state index in [4.69, 9.17) is 28.4 Å². The zero-order chi connectivity index (χ0) is 26.9. The summed E-state index contributed by atoms with van der Waals surface area (Å²) in [4.78, 5) is 12.8. The van der Waals surface area contributed by atoms with E-state index in [0.717, 1.165) is 5.69 Å². The molecule has 0 bridgehead atoms. The highest BCUT2D eigenvalue weighted by atomic mass is 32.2. The van der Waals surface area contributed by atoms with Gasteiger partial charge in [0, 0.05) is 17.0 Å². The lowest BCUT2D eigenvalue weighted by Gasteiger charge is -2.26. The Hall–Kier alpha value is -4.38. The first-order valence-corrected chi connectivity index (χ1v) is 13.2. The van der Waals surface area contributed by atoms with Gasteiger partial charge in [-0.2, -0.15) is 0 Å². The van der Waals surface area contributed by atoms with E-state index in [9.17, 15) is 4.79 Å². The fourth-order valence-corrected chi connectivity index (χ4v) is 5.80. The number of cyclic esters (lactones) is 1. The zero-order valence-electron chi connectivity index (χ0n) is 21.5. The van der Waals surface area contributed by atoms with Gasteiger partial charge >= 0.3 is 5.97 Å². The van der Waals surface area contributed by atoms with Crippen molar-refractivity contribution in [1.29, 1.82) is 0 Å². The smallest absolute Gasteiger partial charge is 0.339 e. The van der Waals surface area contributed by atoms with Gasteiger partial charge in [-0.25, -0.2) is 4.79 Å². The average Bonchev–Trinajstić information content (AvgIpc) is 3.59. The first-order valence-electron chi connectivity index (χ1n) is 12.2. The molecule has 0 unspecified atom stereocenters. The molecule has 2 aliphatic rings. The van der Waals surface area contributed by atoms with E-state index in [2.05, 4.69) is 10.2 Å². The van der Waals surface area contributed by atoms with Crippen LogP contribution < -0.4 is 23.7 Å². The largest absolute Gasteiger partial charge is 0.492 e. The van der Waals surface area contributed by atoms with Crippen molar-refractivity contribution in [3.63, 3.8) is 0 Å². The number of ether oxygens (including phenoxy) is 6. The fourth-order valence-electron chi connectivity index (χ4n) is 4.82. The maximum Gasteiger partial charge on any atom is 0.339 e. The third-order valence-electron chi connectivity index (χ3n) is 6.54. The Kier molecular flexibility index (Phi) is 6.65. The van der Waals surface area contributed by atoms with Crippen molar-refractivity contribution in [3.05, 3.63) is 77.1 Å². The van der Waals surface area contributed by atoms with E-state index in [1.165, 1.54) is 33.1 Å². The normalized spacial score (nSPS) is 15.5. The summed E-state index contributed by atoms with van der Waals surface area (Å²) in [6, 6.07) is 17.3. The highest BCUT2D eigenvalue weighted by Crippen LogP contribution is 2.49. The number of hydrogen-bond donors (Lipinski definition) is 0. The van der Waals surface area contributed by atoms with Crippen LogP contribution in [0.5, 0.6) is 28.7 Å². The summed E-state index contributed by atoms with van der Waals surface area (Å²) in [6.45, 7) is 0.385. The van der Waals surface area contributed by atoms with Crippen molar-refractivity contribution < 1.29 is 33.2 Å². The minimum absolute atomic E-state index is 0.0974. The molecule has 0 saturated heterocycles. The van der Waals surface area contributed by atoms with Gasteiger partial charge in [0.1, 0.15) is 13.2 Å². The van der Waals surface area contributed by atoms with Crippen LogP contribution in [-0.4, -0.2) is 48.7 Å². The van der Waals surface area contributed by atoms with Crippen LogP contribution in [-0.2, 0) is 17.1 Å². The van der Waals surface area contributed by atoms with Gasteiger partial charge in [-0.3, -0.25) is 4.57 Å². The lowest BCUT2D eigenvalue weighted by molar-refractivity contribution is 0.0533. The summed E-state index contributed by atoms with van der Waals surface area (Å²) >= 11 is 1.40. The molecule has 0 saturated carbocycles. The Balaban J connectivity index is 1.40. The van der Waals surface area contributed by atoms with E-state index < -0.39 is 12.1 Å². The molecule has 39 heavy (non-hydrogen) atoms. The van der Waals surface area contributed by atoms with Crippen molar-refractivity contribution in [2.75, 3.05) is 27.9 Å². The minimum atomic E-state index is -0.475. The number of para-hydroxylation sites is 3. The van der Waals surface area contributed by atoms with Gasteiger partial charge in [0.2, 0.25) is 5.75 Å². The molecule has 0 aliphatic carbocycles. The van der Waals surface area contributed by atoms with Crippen molar-refractivity contribution in [1.82, 2.24) is 14.8 Å². The van der Waals surface area contributed by atoms with Crippen LogP contribution in [0.1, 0.15) is 33.4 Å². The predicted molar refractivity (Wildman–Crippen MR) is 141 cm³/mol. The van der Waals surface area contributed by atoms with Gasteiger partial charge in [-0.15, -0.1) is 10.2 Å². The maximum atomic E-state index is 12.8. The van der Waals surface area contributed by atoms with Crippen molar-refractivity contribution in [2.45, 2.75) is 23.6 Å². The van der Waals surface area contributed by atoms with E-state index in [-0.39, 0.29) is 13.2 Å². The third-order valence-corrected chi connectivity index (χ3v) is 7.50. The molecule has 0 fully saturated rings. The van der Waals surface area contributed by atoms with E-state index >= 15 is 0 Å². The Bertz CT molecular complexity index is 1540.